The van der Waals surface area contributed by atoms with Gasteiger partial charge in [0.25, 0.3) is 11.8 Å². The van der Waals surface area contributed by atoms with Crippen molar-refractivity contribution < 1.29 is 39.0 Å². The summed E-state index contributed by atoms with van der Waals surface area (Å²) in [4.78, 5) is 61.3. The molecule has 3 heterocycles. The smallest absolute Gasteiger partial charge is 0.333 e. The summed E-state index contributed by atoms with van der Waals surface area (Å²) in [6.07, 6.45) is 5.23. The lowest BCUT2D eigenvalue weighted by atomic mass is 10.1. The van der Waals surface area contributed by atoms with Crippen molar-refractivity contribution >= 4 is 51.4 Å². The van der Waals surface area contributed by atoms with E-state index in [1.54, 1.807) is 12.1 Å². The van der Waals surface area contributed by atoms with Crippen LogP contribution < -0.4 is 11.1 Å². The Hall–Kier alpha value is -5.24. The second-order valence-electron chi connectivity index (χ2n) is 12.4. The number of phenolic OH excluding ortho intramolecular Hbond substituents is 2. The topological polar surface area (TPSA) is 199 Å². The van der Waals surface area contributed by atoms with E-state index in [2.05, 4.69) is 27.9 Å². The number of hydroxylamine groups is 2. The maximum absolute atomic E-state index is 12.1. The van der Waals surface area contributed by atoms with Crippen molar-refractivity contribution in [3.05, 3.63) is 53.3 Å². The SMILES string of the molecule is CCCCc1nc2c(N)nc3cc(CCCOCCCNC(=O)CCCC(=O)ON4C(=O)CCC4=O)ccc3c2n1Cc1cccc(O)c1O. The Balaban J connectivity index is 1.07. The molecule has 5 N–H and O–H groups in total. The third kappa shape index (κ3) is 8.86. The molecule has 14 heteroatoms. The number of phenols is 2. The number of aromatic hydroxyl groups is 2. The molecule has 1 fully saturated rings. The van der Waals surface area contributed by atoms with E-state index in [1.807, 2.05) is 12.1 Å². The van der Waals surface area contributed by atoms with Gasteiger partial charge in [0.15, 0.2) is 17.3 Å². The summed E-state index contributed by atoms with van der Waals surface area (Å²) in [5.74, 6) is -1.12. The number of carbonyl (C=O) groups is 4. The van der Waals surface area contributed by atoms with Gasteiger partial charge in [-0.05, 0) is 49.8 Å². The summed E-state index contributed by atoms with van der Waals surface area (Å²) >= 11 is 0. The number of rotatable bonds is 18. The highest BCUT2D eigenvalue weighted by Gasteiger charge is 2.32. The summed E-state index contributed by atoms with van der Waals surface area (Å²) in [7, 11) is 0. The van der Waals surface area contributed by atoms with Gasteiger partial charge >= 0.3 is 5.97 Å². The molecule has 50 heavy (non-hydrogen) atoms. The predicted molar refractivity (Wildman–Crippen MR) is 185 cm³/mol. The van der Waals surface area contributed by atoms with Crippen LogP contribution in [0.5, 0.6) is 11.5 Å². The van der Waals surface area contributed by atoms with Gasteiger partial charge in [-0.25, -0.2) is 14.8 Å². The van der Waals surface area contributed by atoms with Gasteiger partial charge in [0, 0.05) is 62.8 Å². The van der Waals surface area contributed by atoms with E-state index in [0.29, 0.717) is 54.7 Å². The Morgan fingerprint density at radius 1 is 0.960 bits per heavy atom. The normalized spacial score (nSPS) is 13.1. The minimum Gasteiger partial charge on any atom is -0.504 e. The maximum atomic E-state index is 12.1. The summed E-state index contributed by atoms with van der Waals surface area (Å²) in [5, 5.41) is 24.8. The monoisotopic (exact) mass is 688 g/mol. The number of imide groups is 1. The molecule has 1 aliphatic heterocycles. The Kier molecular flexibility index (Phi) is 12.2. The fourth-order valence-corrected chi connectivity index (χ4v) is 5.90. The predicted octanol–water partition coefficient (Wildman–Crippen LogP) is 4.20. The number of nitrogens with zero attached hydrogens (tertiary/aromatic N) is 4. The Morgan fingerprint density at radius 3 is 2.52 bits per heavy atom. The summed E-state index contributed by atoms with van der Waals surface area (Å²) in [5.41, 5.74) is 10.3. The minimum atomic E-state index is -0.719. The number of benzene rings is 2. The van der Waals surface area contributed by atoms with Crippen molar-refractivity contribution in [3.63, 3.8) is 0 Å². The van der Waals surface area contributed by atoms with Gasteiger partial charge in [-0.3, -0.25) is 14.4 Å². The highest BCUT2D eigenvalue weighted by atomic mass is 16.7. The fourth-order valence-electron chi connectivity index (χ4n) is 5.90. The number of aryl methyl sites for hydroxylation is 2. The number of imidazole rings is 1. The largest absolute Gasteiger partial charge is 0.504 e. The number of anilines is 1. The van der Waals surface area contributed by atoms with Crippen molar-refractivity contribution in [2.45, 2.75) is 84.1 Å². The van der Waals surface area contributed by atoms with Gasteiger partial charge in [0.05, 0.1) is 17.6 Å². The first-order valence-electron chi connectivity index (χ1n) is 17.1. The average molecular weight is 689 g/mol. The molecule has 0 unspecified atom stereocenters. The minimum absolute atomic E-state index is 0.0340. The molecule has 3 amide bonds. The Morgan fingerprint density at radius 2 is 1.74 bits per heavy atom. The van der Waals surface area contributed by atoms with E-state index in [1.165, 1.54) is 6.07 Å². The molecule has 0 bridgehead atoms. The van der Waals surface area contributed by atoms with Crippen molar-refractivity contribution in [1.82, 2.24) is 24.9 Å². The van der Waals surface area contributed by atoms with Crippen LogP contribution in [0, 0.1) is 0 Å². The number of nitrogens with two attached hydrogens (primary N) is 1. The molecule has 4 aromatic rings. The van der Waals surface area contributed by atoms with E-state index >= 15 is 0 Å². The Bertz CT molecular complexity index is 1860. The molecule has 2 aromatic heterocycles. The van der Waals surface area contributed by atoms with Crippen LogP contribution in [0.1, 0.15) is 81.7 Å². The van der Waals surface area contributed by atoms with Crippen LogP contribution in [-0.2, 0) is 48.1 Å². The van der Waals surface area contributed by atoms with Crippen LogP contribution >= 0.6 is 0 Å². The zero-order valence-electron chi connectivity index (χ0n) is 28.3. The standard InChI is InChI=1S/C36H44N6O8/c1-2-3-11-28-40-33-34(41(28)22-24-9-4-10-27(43)35(24)48)25-15-14-23(21-26(25)39-36(33)37)8-6-19-49-20-7-18-38-29(44)12-5-13-32(47)50-42-30(45)16-17-31(42)46/h4,9-10,14-15,21,43,48H,2-3,5-8,11-13,16-20,22H2,1H3,(H2,37,39)(H,38,44). The fraction of sp³-hybridized carbons (Fsp3) is 0.444. The number of nitrogen functional groups attached to an aromatic ring is 1. The number of aromatic nitrogens is 3. The van der Waals surface area contributed by atoms with E-state index in [9.17, 15) is 29.4 Å². The molecule has 0 spiro atoms. The second-order valence-corrected chi connectivity index (χ2v) is 12.4. The molecule has 14 nitrogen and oxygen atoms in total. The molecule has 0 radical (unpaired) electrons. The van der Waals surface area contributed by atoms with Crippen LogP contribution in [0.2, 0.25) is 0 Å². The molecule has 0 atom stereocenters. The van der Waals surface area contributed by atoms with Crippen molar-refractivity contribution in [3.8, 4) is 11.5 Å². The summed E-state index contributed by atoms with van der Waals surface area (Å²) < 4.78 is 7.83. The van der Waals surface area contributed by atoms with E-state index < -0.39 is 17.8 Å². The second kappa shape index (κ2) is 16.9. The number of para-hydroxylation sites is 1. The number of carbonyl (C=O) groups excluding carboxylic acids is 4. The Labute approximate surface area is 289 Å². The average Bonchev–Trinajstić information content (AvgIpc) is 3.62. The number of hydrogen-bond acceptors (Lipinski definition) is 11. The number of fused-ring (bicyclic) bond motifs is 3. The van der Waals surface area contributed by atoms with Crippen LogP contribution in [0.15, 0.2) is 36.4 Å². The lowest BCUT2D eigenvalue weighted by molar-refractivity contribution is -0.197. The number of nitrogens with one attached hydrogen (secondary N) is 1. The lowest BCUT2D eigenvalue weighted by Gasteiger charge is -2.13. The first kappa shape index (κ1) is 36.1. The van der Waals surface area contributed by atoms with Gasteiger partial charge < -0.3 is 35.4 Å². The van der Waals surface area contributed by atoms with Gasteiger partial charge in [0.1, 0.15) is 11.3 Å². The first-order valence-corrected chi connectivity index (χ1v) is 17.1. The quantitative estimate of drug-likeness (QED) is 0.0664. The zero-order chi connectivity index (χ0) is 35.6. The van der Waals surface area contributed by atoms with Crippen LogP contribution in [0.4, 0.5) is 5.82 Å². The van der Waals surface area contributed by atoms with Crippen LogP contribution in [0.25, 0.3) is 21.9 Å². The van der Waals surface area contributed by atoms with E-state index in [-0.39, 0.29) is 49.5 Å². The molecule has 266 valence electrons. The molecule has 1 saturated heterocycles. The van der Waals surface area contributed by atoms with E-state index in [0.717, 1.165) is 59.9 Å². The van der Waals surface area contributed by atoms with Gasteiger partial charge in [0.2, 0.25) is 5.91 Å². The third-order valence-corrected chi connectivity index (χ3v) is 8.55. The highest BCUT2D eigenvalue weighted by Crippen LogP contribution is 2.34. The number of pyridine rings is 1. The molecular weight excluding hydrogens is 644 g/mol. The van der Waals surface area contributed by atoms with E-state index in [4.69, 9.17) is 20.3 Å². The van der Waals surface area contributed by atoms with Gasteiger partial charge in [-0.15, -0.1) is 5.06 Å². The summed E-state index contributed by atoms with van der Waals surface area (Å²) in [6.45, 7) is 3.91. The van der Waals surface area contributed by atoms with Crippen molar-refractivity contribution in [2.75, 3.05) is 25.5 Å². The molecule has 0 aliphatic carbocycles. The maximum Gasteiger partial charge on any atom is 0.333 e. The first-order chi connectivity index (χ1) is 24.2. The van der Waals surface area contributed by atoms with Crippen LogP contribution in [0.3, 0.4) is 0 Å². The molecular formula is C36H44N6O8. The zero-order valence-corrected chi connectivity index (χ0v) is 28.3. The summed E-state index contributed by atoms with van der Waals surface area (Å²) in [6, 6.07) is 11.1. The molecule has 5 rings (SSSR count). The molecule has 0 saturated carbocycles. The number of ether oxygens (including phenoxy) is 1. The lowest BCUT2D eigenvalue weighted by Crippen LogP contribution is -2.32. The third-order valence-electron chi connectivity index (χ3n) is 8.55. The molecule has 1 aliphatic rings. The van der Waals surface area contributed by atoms with Gasteiger partial charge in [-0.1, -0.05) is 37.6 Å². The van der Waals surface area contributed by atoms with Crippen molar-refractivity contribution in [1.29, 1.82) is 0 Å². The van der Waals surface area contributed by atoms with Crippen molar-refractivity contribution in [2.24, 2.45) is 0 Å². The highest BCUT2D eigenvalue weighted by molar-refractivity contribution is 6.07. The number of hydrogen-bond donors (Lipinski definition) is 4. The number of unbranched alkanes of at least 4 members (excludes halogenated alkanes) is 1. The van der Waals surface area contributed by atoms with Gasteiger partial charge in [-0.2, -0.15) is 0 Å². The van der Waals surface area contributed by atoms with Crippen LogP contribution in [-0.4, -0.2) is 73.3 Å². The number of amides is 3. The molecule has 2 aromatic carbocycles.